The van der Waals surface area contributed by atoms with Crippen LogP contribution in [-0.2, 0) is 10.2 Å². The van der Waals surface area contributed by atoms with Crippen molar-refractivity contribution in [3.05, 3.63) is 76.6 Å². The fraction of sp³-hybridized carbons (Fsp3) is 0.433. The summed E-state index contributed by atoms with van der Waals surface area (Å²) in [5.41, 5.74) is 2.78. The molecule has 1 saturated carbocycles. The second-order valence-corrected chi connectivity index (χ2v) is 11.0. The molecule has 38 heavy (non-hydrogen) atoms. The number of rotatable bonds is 8. The number of hydrogen-bond acceptors (Lipinski definition) is 6. The molecule has 2 atom stereocenters. The average molecular weight is 536 g/mol. The lowest BCUT2D eigenvalue weighted by Gasteiger charge is -2.35. The van der Waals surface area contributed by atoms with E-state index in [2.05, 4.69) is 28.3 Å². The van der Waals surface area contributed by atoms with Crippen molar-refractivity contribution < 1.29 is 19.5 Å². The van der Waals surface area contributed by atoms with Gasteiger partial charge < -0.3 is 14.7 Å². The Balaban J connectivity index is 1.25. The summed E-state index contributed by atoms with van der Waals surface area (Å²) in [5.74, 6) is -0.169. The predicted octanol–water partition coefficient (Wildman–Crippen LogP) is 6.14. The summed E-state index contributed by atoms with van der Waals surface area (Å²) >= 11 is 6.13. The first-order valence-electron chi connectivity index (χ1n) is 13.4. The Labute approximate surface area is 228 Å². The average Bonchev–Trinajstić information content (AvgIpc) is 3.42. The summed E-state index contributed by atoms with van der Waals surface area (Å²) in [6.07, 6.45) is 10.7. The number of allylic oxidation sites excluding steroid dienone is 1. The summed E-state index contributed by atoms with van der Waals surface area (Å²) < 4.78 is 5.54. The molecule has 0 bridgehead atoms. The minimum absolute atomic E-state index is 0.0614. The third-order valence-electron chi connectivity index (χ3n) is 7.99. The smallest absolute Gasteiger partial charge is 0.307 e. The van der Waals surface area contributed by atoms with Gasteiger partial charge in [0.1, 0.15) is 0 Å². The fourth-order valence-corrected chi connectivity index (χ4v) is 5.92. The van der Waals surface area contributed by atoms with E-state index < -0.39 is 12.1 Å². The van der Waals surface area contributed by atoms with Gasteiger partial charge in [0.05, 0.1) is 12.0 Å². The van der Waals surface area contributed by atoms with Crippen molar-refractivity contribution in [2.45, 2.75) is 56.5 Å². The molecule has 1 saturated heterocycles. The Hall–Kier alpha value is -3.00. The van der Waals surface area contributed by atoms with Crippen LogP contribution in [0.2, 0.25) is 5.02 Å². The number of carboxylic acids is 1. The van der Waals surface area contributed by atoms with E-state index in [1.165, 1.54) is 24.8 Å². The van der Waals surface area contributed by atoms with Gasteiger partial charge in [0.15, 0.2) is 0 Å². The van der Waals surface area contributed by atoms with Crippen molar-refractivity contribution in [2.24, 2.45) is 5.92 Å². The Morgan fingerprint density at radius 3 is 2.55 bits per heavy atom. The summed E-state index contributed by atoms with van der Waals surface area (Å²) in [6.45, 7) is 1.69. The first-order chi connectivity index (χ1) is 18.4. The molecule has 0 amide bonds. The minimum atomic E-state index is -0.762. The Bertz CT molecular complexity index is 1250. The normalized spacial score (nSPS) is 20.9. The van der Waals surface area contributed by atoms with Crippen LogP contribution in [0, 0.1) is 5.92 Å². The van der Waals surface area contributed by atoms with Crippen molar-refractivity contribution in [3.8, 4) is 11.4 Å². The fourth-order valence-electron chi connectivity index (χ4n) is 5.79. The molecular formula is C30H34ClN3O4. The van der Waals surface area contributed by atoms with Gasteiger partial charge in [-0.1, -0.05) is 78.5 Å². The largest absolute Gasteiger partial charge is 0.481 e. The van der Waals surface area contributed by atoms with Gasteiger partial charge in [0, 0.05) is 35.2 Å². The highest BCUT2D eigenvalue weighted by Gasteiger charge is 2.31. The van der Waals surface area contributed by atoms with Crippen LogP contribution >= 0.6 is 11.6 Å². The third-order valence-corrected chi connectivity index (χ3v) is 8.24. The summed E-state index contributed by atoms with van der Waals surface area (Å²) in [6, 6.07) is 15.6. The molecule has 2 aromatic carbocycles. The molecule has 2 fully saturated rings. The van der Waals surface area contributed by atoms with Crippen LogP contribution in [0.15, 0.2) is 59.1 Å². The van der Waals surface area contributed by atoms with Crippen molar-refractivity contribution in [1.82, 2.24) is 15.0 Å². The number of aliphatic hydroxyl groups excluding tert-OH is 1. The number of carboxylic acid groups (broad SMARTS) is 1. The van der Waals surface area contributed by atoms with E-state index in [0.29, 0.717) is 31.2 Å². The maximum absolute atomic E-state index is 11.3. The molecule has 7 nitrogen and oxygen atoms in total. The van der Waals surface area contributed by atoms with Gasteiger partial charge in [-0.05, 0) is 55.5 Å². The zero-order valence-electron chi connectivity index (χ0n) is 21.4. The second kappa shape index (κ2) is 11.8. The van der Waals surface area contributed by atoms with E-state index in [1.54, 1.807) is 0 Å². The van der Waals surface area contributed by atoms with Gasteiger partial charge in [-0.25, -0.2) is 0 Å². The number of nitrogens with zero attached hydrogens (tertiary/aromatic N) is 3. The van der Waals surface area contributed by atoms with Crippen LogP contribution in [0.5, 0.6) is 0 Å². The van der Waals surface area contributed by atoms with Gasteiger partial charge in [0.25, 0.3) is 5.89 Å². The Kier molecular flexibility index (Phi) is 8.27. The monoisotopic (exact) mass is 535 g/mol. The summed E-state index contributed by atoms with van der Waals surface area (Å²) in [7, 11) is 0. The van der Waals surface area contributed by atoms with Gasteiger partial charge in [-0.3, -0.25) is 9.69 Å². The van der Waals surface area contributed by atoms with E-state index >= 15 is 0 Å². The lowest BCUT2D eigenvalue weighted by molar-refractivity contribution is -0.143. The van der Waals surface area contributed by atoms with E-state index in [1.807, 2.05) is 47.4 Å². The topological polar surface area (TPSA) is 99.7 Å². The van der Waals surface area contributed by atoms with Crippen LogP contribution in [0.1, 0.15) is 68.1 Å². The van der Waals surface area contributed by atoms with Crippen LogP contribution < -0.4 is 0 Å². The molecule has 2 heterocycles. The maximum Gasteiger partial charge on any atom is 0.307 e. The number of β-amino-alcohol motifs (C(OH)–C–C–N with tert-alkyl or cyclic N) is 1. The van der Waals surface area contributed by atoms with Gasteiger partial charge in [0.2, 0.25) is 5.82 Å². The number of carbonyl (C=O) groups is 1. The molecular weight excluding hydrogens is 502 g/mol. The number of benzene rings is 2. The summed E-state index contributed by atoms with van der Waals surface area (Å²) in [4.78, 5) is 17.9. The molecule has 3 aromatic rings. The van der Waals surface area contributed by atoms with E-state index in [-0.39, 0.29) is 11.3 Å². The Morgan fingerprint density at radius 2 is 1.84 bits per heavy atom. The molecule has 1 unspecified atom stereocenters. The standard InChI is InChI=1S/C30H34ClN3O4/c31-25-12-10-24(11-13-25)30(15-2-1-3-16-30)17-14-27-32-28(33-38-27)22-8-6-21(7-9-22)26(35)20-34-18-4-5-23(19-34)29(36)37/h6-14,17,23,26,35H,1-5,15-16,18-20H2,(H,36,37)/b17-14+/t23-,26?/m0/s1. The third kappa shape index (κ3) is 6.17. The van der Waals surface area contributed by atoms with Crippen LogP contribution in [0.3, 0.4) is 0 Å². The number of aromatic nitrogens is 2. The number of piperidine rings is 1. The molecule has 2 aliphatic rings. The molecule has 1 aliphatic heterocycles. The highest BCUT2D eigenvalue weighted by molar-refractivity contribution is 6.30. The van der Waals surface area contributed by atoms with Crippen LogP contribution in [0.25, 0.3) is 17.5 Å². The molecule has 200 valence electrons. The zero-order chi connectivity index (χ0) is 26.5. The highest BCUT2D eigenvalue weighted by atomic mass is 35.5. The quantitative estimate of drug-likeness (QED) is 0.357. The lowest BCUT2D eigenvalue weighted by atomic mass is 9.69. The molecule has 2 N–H and O–H groups in total. The molecule has 1 aliphatic carbocycles. The molecule has 0 spiro atoms. The first-order valence-corrected chi connectivity index (χ1v) is 13.8. The number of aliphatic carboxylic acids is 1. The highest BCUT2D eigenvalue weighted by Crippen LogP contribution is 2.41. The SMILES string of the molecule is O=C(O)[C@H]1CCCN(CC(O)c2ccc(-c3noc(/C=C/C4(c5ccc(Cl)cc5)CCCCC4)n3)cc2)C1. The molecule has 1 aromatic heterocycles. The van der Waals surface area contributed by atoms with Crippen LogP contribution in [0.4, 0.5) is 0 Å². The summed E-state index contributed by atoms with van der Waals surface area (Å²) in [5, 5.41) is 24.9. The number of likely N-dealkylation sites (tertiary alicyclic amines) is 1. The van der Waals surface area contributed by atoms with Crippen LogP contribution in [-0.4, -0.2) is 50.9 Å². The van der Waals surface area contributed by atoms with E-state index in [0.717, 1.165) is 42.0 Å². The number of aliphatic hydroxyl groups is 1. The predicted molar refractivity (Wildman–Crippen MR) is 147 cm³/mol. The molecule has 0 radical (unpaired) electrons. The van der Waals surface area contributed by atoms with Gasteiger partial charge in [-0.15, -0.1) is 0 Å². The molecule has 5 rings (SSSR count). The van der Waals surface area contributed by atoms with Crippen molar-refractivity contribution in [2.75, 3.05) is 19.6 Å². The van der Waals surface area contributed by atoms with Crippen molar-refractivity contribution >= 4 is 23.6 Å². The van der Waals surface area contributed by atoms with E-state index in [9.17, 15) is 15.0 Å². The second-order valence-electron chi connectivity index (χ2n) is 10.6. The van der Waals surface area contributed by atoms with Gasteiger partial charge >= 0.3 is 5.97 Å². The van der Waals surface area contributed by atoms with Crippen molar-refractivity contribution in [1.29, 1.82) is 0 Å². The number of hydrogen-bond donors (Lipinski definition) is 2. The molecule has 8 heteroatoms. The van der Waals surface area contributed by atoms with Crippen molar-refractivity contribution in [3.63, 3.8) is 0 Å². The first kappa shape index (κ1) is 26.6. The lowest BCUT2D eigenvalue weighted by Crippen LogP contribution is -2.40. The zero-order valence-corrected chi connectivity index (χ0v) is 22.2. The Morgan fingerprint density at radius 1 is 1.11 bits per heavy atom. The number of halogens is 1. The maximum atomic E-state index is 11.3. The minimum Gasteiger partial charge on any atom is -0.481 e. The van der Waals surface area contributed by atoms with E-state index in [4.69, 9.17) is 16.1 Å². The van der Waals surface area contributed by atoms with Gasteiger partial charge in [-0.2, -0.15) is 4.98 Å².